The van der Waals surface area contributed by atoms with Crippen LogP contribution in [0.5, 0.6) is 0 Å². The van der Waals surface area contributed by atoms with Gasteiger partial charge in [0.15, 0.2) is 0 Å². The van der Waals surface area contributed by atoms with E-state index in [0.29, 0.717) is 29.9 Å². The summed E-state index contributed by atoms with van der Waals surface area (Å²) < 4.78 is 0. The van der Waals surface area contributed by atoms with Crippen LogP contribution in [0, 0.1) is 5.92 Å². The molecule has 1 unspecified atom stereocenters. The average Bonchev–Trinajstić information content (AvgIpc) is 3.54. The summed E-state index contributed by atoms with van der Waals surface area (Å²) in [6.45, 7) is 12.2. The van der Waals surface area contributed by atoms with Crippen molar-refractivity contribution in [1.29, 1.82) is 0 Å². The molecule has 164 valence electrons. The number of hydrogen-bond donors (Lipinski definition) is 2. The van der Waals surface area contributed by atoms with Gasteiger partial charge in [0.1, 0.15) is 0 Å². The summed E-state index contributed by atoms with van der Waals surface area (Å²) in [6.07, 6.45) is 11.8. The number of primary amides is 1. The number of hydrogen-bond acceptors (Lipinski definition) is 4. The lowest BCUT2D eigenvalue weighted by atomic mass is 9.99. The van der Waals surface area contributed by atoms with Crippen LogP contribution in [0.4, 0.5) is 0 Å². The molecule has 2 fully saturated rings. The van der Waals surface area contributed by atoms with Crippen LogP contribution in [0.15, 0.2) is 71.8 Å². The Kier molecular flexibility index (Phi) is 6.63. The molecule has 0 aromatic rings. The van der Waals surface area contributed by atoms with E-state index in [1.807, 2.05) is 31.2 Å². The fourth-order valence-electron chi connectivity index (χ4n) is 3.94. The van der Waals surface area contributed by atoms with Gasteiger partial charge in [-0.15, -0.1) is 0 Å². The van der Waals surface area contributed by atoms with Gasteiger partial charge < -0.3 is 20.9 Å². The molecule has 1 atom stereocenters. The van der Waals surface area contributed by atoms with Gasteiger partial charge in [-0.3, -0.25) is 14.4 Å². The monoisotopic (exact) mass is 422 g/mol. The molecule has 3 N–H and O–H groups in total. The summed E-state index contributed by atoms with van der Waals surface area (Å²) in [5.74, 6) is -0.473. The van der Waals surface area contributed by atoms with Gasteiger partial charge in [0.2, 0.25) is 17.7 Å². The van der Waals surface area contributed by atoms with Crippen LogP contribution in [0.1, 0.15) is 33.1 Å². The third kappa shape index (κ3) is 5.05. The van der Waals surface area contributed by atoms with E-state index in [9.17, 15) is 14.4 Å². The van der Waals surface area contributed by atoms with Crippen LogP contribution < -0.4 is 11.1 Å². The normalized spacial score (nSPS) is 22.6. The Morgan fingerprint density at radius 2 is 2.00 bits per heavy atom. The molecule has 0 spiro atoms. The van der Waals surface area contributed by atoms with Crippen LogP contribution in [0.25, 0.3) is 0 Å². The van der Waals surface area contributed by atoms with E-state index < -0.39 is 5.91 Å². The van der Waals surface area contributed by atoms with Gasteiger partial charge >= 0.3 is 0 Å². The first-order valence-corrected chi connectivity index (χ1v) is 10.5. The van der Waals surface area contributed by atoms with E-state index in [0.717, 1.165) is 24.1 Å². The Balaban J connectivity index is 1.99. The van der Waals surface area contributed by atoms with Crippen LogP contribution in [-0.4, -0.2) is 46.7 Å². The van der Waals surface area contributed by atoms with E-state index >= 15 is 0 Å². The lowest BCUT2D eigenvalue weighted by molar-refractivity contribution is -0.136. The summed E-state index contributed by atoms with van der Waals surface area (Å²) in [5.41, 5.74) is 8.63. The smallest absolute Gasteiger partial charge is 0.236 e. The van der Waals surface area contributed by atoms with Gasteiger partial charge in [-0.2, -0.15) is 0 Å². The van der Waals surface area contributed by atoms with Gasteiger partial charge in [-0.1, -0.05) is 37.5 Å². The SMILES string of the molecule is C=C(/C=C1\C(=C)N(C(C)=O)C(C)CN1C(=O)C1CC1)C1=C(NCC(N)=O)CC=CC=C1. The van der Waals surface area contributed by atoms with E-state index in [1.54, 1.807) is 15.9 Å². The number of nitrogens with two attached hydrogens (primary N) is 1. The fourth-order valence-corrected chi connectivity index (χ4v) is 3.94. The first-order valence-electron chi connectivity index (χ1n) is 10.5. The second-order valence-electron chi connectivity index (χ2n) is 8.17. The maximum atomic E-state index is 13.0. The van der Waals surface area contributed by atoms with E-state index in [2.05, 4.69) is 18.5 Å². The van der Waals surface area contributed by atoms with Gasteiger partial charge in [-0.05, 0) is 31.4 Å². The van der Waals surface area contributed by atoms with Crippen molar-refractivity contribution < 1.29 is 14.4 Å². The number of carbonyl (C=O) groups is 3. The second kappa shape index (κ2) is 9.20. The molecule has 7 nitrogen and oxygen atoms in total. The van der Waals surface area contributed by atoms with E-state index in [-0.39, 0.29) is 30.3 Å². The van der Waals surface area contributed by atoms with Gasteiger partial charge in [0, 0.05) is 37.1 Å². The Labute approximate surface area is 183 Å². The molecule has 0 radical (unpaired) electrons. The Morgan fingerprint density at radius 3 is 2.61 bits per heavy atom. The molecule has 0 bridgehead atoms. The predicted molar refractivity (Wildman–Crippen MR) is 120 cm³/mol. The first kappa shape index (κ1) is 22.3. The van der Waals surface area contributed by atoms with Crippen molar-refractivity contribution >= 4 is 17.7 Å². The fraction of sp³-hybridized carbons (Fsp3) is 0.375. The van der Waals surface area contributed by atoms with Crippen molar-refractivity contribution in [3.8, 4) is 0 Å². The quantitative estimate of drug-likeness (QED) is 0.686. The number of nitrogens with one attached hydrogen (secondary N) is 1. The van der Waals surface area contributed by atoms with Gasteiger partial charge in [0.05, 0.1) is 24.0 Å². The molecular weight excluding hydrogens is 392 g/mol. The number of nitrogens with zero attached hydrogens (tertiary/aromatic N) is 2. The minimum atomic E-state index is -0.457. The molecule has 3 rings (SSSR count). The third-order valence-corrected chi connectivity index (χ3v) is 5.59. The number of carbonyl (C=O) groups excluding carboxylic acids is 3. The molecule has 0 aromatic heterocycles. The average molecular weight is 423 g/mol. The van der Waals surface area contributed by atoms with Crippen LogP contribution >= 0.6 is 0 Å². The minimum absolute atomic E-state index is 0.0129. The molecule has 1 saturated heterocycles. The molecule has 1 aliphatic heterocycles. The van der Waals surface area contributed by atoms with E-state index in [4.69, 9.17) is 5.73 Å². The van der Waals surface area contributed by atoms with Crippen molar-refractivity contribution in [3.63, 3.8) is 0 Å². The molecule has 1 saturated carbocycles. The minimum Gasteiger partial charge on any atom is -0.379 e. The molecule has 31 heavy (non-hydrogen) atoms. The van der Waals surface area contributed by atoms with Crippen molar-refractivity contribution in [2.24, 2.45) is 11.7 Å². The molecule has 1 heterocycles. The highest BCUT2D eigenvalue weighted by Crippen LogP contribution is 2.37. The predicted octanol–water partition coefficient (Wildman–Crippen LogP) is 2.27. The molecule has 2 aliphatic carbocycles. The Morgan fingerprint density at radius 1 is 1.29 bits per heavy atom. The van der Waals surface area contributed by atoms with Gasteiger partial charge in [-0.25, -0.2) is 0 Å². The maximum Gasteiger partial charge on any atom is 0.236 e. The highest BCUT2D eigenvalue weighted by molar-refractivity contribution is 5.85. The highest BCUT2D eigenvalue weighted by atomic mass is 16.2. The molecule has 3 aliphatic rings. The highest BCUT2D eigenvalue weighted by Gasteiger charge is 2.40. The third-order valence-electron chi connectivity index (χ3n) is 5.59. The molecular formula is C24H30N4O3. The lowest BCUT2D eigenvalue weighted by Gasteiger charge is -2.42. The van der Waals surface area contributed by atoms with Crippen molar-refractivity contribution in [1.82, 2.24) is 15.1 Å². The number of piperazine rings is 1. The lowest BCUT2D eigenvalue weighted by Crippen LogP contribution is -2.52. The summed E-state index contributed by atoms with van der Waals surface area (Å²) in [6, 6.07) is -0.160. The summed E-state index contributed by atoms with van der Waals surface area (Å²) in [7, 11) is 0. The summed E-state index contributed by atoms with van der Waals surface area (Å²) in [5, 5.41) is 3.08. The van der Waals surface area contributed by atoms with Gasteiger partial charge in [0.25, 0.3) is 0 Å². The summed E-state index contributed by atoms with van der Waals surface area (Å²) in [4.78, 5) is 39.9. The van der Waals surface area contributed by atoms with Crippen molar-refractivity contribution in [2.45, 2.75) is 39.2 Å². The summed E-state index contributed by atoms with van der Waals surface area (Å²) >= 11 is 0. The molecule has 7 heteroatoms. The van der Waals surface area contributed by atoms with E-state index in [1.165, 1.54) is 6.92 Å². The molecule has 3 amide bonds. The zero-order valence-corrected chi connectivity index (χ0v) is 18.2. The maximum absolute atomic E-state index is 13.0. The number of rotatable bonds is 6. The largest absolute Gasteiger partial charge is 0.379 e. The van der Waals surface area contributed by atoms with Crippen molar-refractivity contribution in [2.75, 3.05) is 13.1 Å². The standard InChI is InChI=1S/C24H30N4O3/c1-15(20-8-6-5-7-9-21(20)26-13-23(25)30)12-22-17(3)28(18(4)29)16(2)14-27(22)24(31)19-10-11-19/h5-8,12,16,19,26H,1,3,9-11,13-14H2,2,4H3,(H2,25,30)/b22-12+. The second-order valence-corrected chi connectivity index (χ2v) is 8.17. The zero-order chi connectivity index (χ0) is 22.7. The van der Waals surface area contributed by atoms with Crippen LogP contribution in [0.2, 0.25) is 0 Å². The Bertz CT molecular complexity index is 950. The molecule has 0 aromatic carbocycles. The van der Waals surface area contributed by atoms with Crippen molar-refractivity contribution in [3.05, 3.63) is 71.8 Å². The first-order chi connectivity index (χ1) is 14.7. The Hall–Kier alpha value is -3.35. The zero-order valence-electron chi connectivity index (χ0n) is 18.2. The topological polar surface area (TPSA) is 95.7 Å². The van der Waals surface area contributed by atoms with Crippen LogP contribution in [-0.2, 0) is 14.4 Å². The number of allylic oxidation sites excluding steroid dienone is 7. The van der Waals surface area contributed by atoms with Crippen LogP contribution in [0.3, 0.4) is 0 Å². The number of amides is 3.